The molecule has 120 valence electrons. The Morgan fingerprint density at radius 3 is 2.78 bits per heavy atom. The molecule has 0 bridgehead atoms. The van der Waals surface area contributed by atoms with Gasteiger partial charge in [-0.05, 0) is 48.9 Å². The number of rotatable bonds is 2. The lowest BCUT2D eigenvalue weighted by Gasteiger charge is -2.25. The van der Waals surface area contributed by atoms with Crippen LogP contribution in [0, 0.1) is 6.92 Å². The molecule has 3 rings (SSSR count). The van der Waals surface area contributed by atoms with Crippen LogP contribution in [-0.4, -0.2) is 16.7 Å². The summed E-state index contributed by atoms with van der Waals surface area (Å²) in [7, 11) is 0. The van der Waals surface area contributed by atoms with E-state index >= 15 is 0 Å². The maximum absolute atomic E-state index is 6.32. The van der Waals surface area contributed by atoms with Gasteiger partial charge in [0.2, 0.25) is 5.96 Å². The Morgan fingerprint density at radius 2 is 2.13 bits per heavy atom. The summed E-state index contributed by atoms with van der Waals surface area (Å²) in [5, 5.41) is 8.06. The van der Waals surface area contributed by atoms with E-state index in [0.717, 1.165) is 34.5 Å². The van der Waals surface area contributed by atoms with Gasteiger partial charge >= 0.3 is 0 Å². The molecule has 0 aromatic carbocycles. The fraction of sp³-hybridized carbons (Fsp3) is 0.267. The smallest absolute Gasteiger partial charge is 0.211 e. The molecule has 4 N–H and O–H groups in total. The molecule has 0 aliphatic heterocycles. The van der Waals surface area contributed by atoms with Crippen LogP contribution in [-0.2, 0) is 6.42 Å². The van der Waals surface area contributed by atoms with E-state index < -0.39 is 0 Å². The molecule has 2 aromatic heterocycles. The molecule has 0 amide bonds. The zero-order chi connectivity index (χ0) is 16.6. The highest BCUT2D eigenvalue weighted by molar-refractivity contribution is 7.20. The second kappa shape index (κ2) is 6.47. The minimum absolute atomic E-state index is 0.0701. The molecule has 0 spiro atoms. The van der Waals surface area contributed by atoms with Crippen LogP contribution in [0.3, 0.4) is 0 Å². The van der Waals surface area contributed by atoms with Gasteiger partial charge in [-0.15, -0.1) is 16.4 Å². The first-order chi connectivity index (χ1) is 11.0. The SMILES string of the molecule is Cc1ccnc2c1/C(=N/N=C(N)N)C[C@H](c1cc(Cl)sc1Cl)C2. The van der Waals surface area contributed by atoms with Crippen molar-refractivity contribution in [3.8, 4) is 0 Å². The van der Waals surface area contributed by atoms with Gasteiger partial charge in [0.15, 0.2) is 0 Å². The van der Waals surface area contributed by atoms with Crippen molar-refractivity contribution in [2.45, 2.75) is 25.7 Å². The van der Waals surface area contributed by atoms with Crippen LogP contribution in [0.25, 0.3) is 0 Å². The second-order valence-corrected chi connectivity index (χ2v) is 7.69. The van der Waals surface area contributed by atoms with Crippen LogP contribution < -0.4 is 11.5 Å². The number of thiophene rings is 1. The molecule has 2 aromatic rings. The van der Waals surface area contributed by atoms with Crippen molar-refractivity contribution >= 4 is 46.2 Å². The van der Waals surface area contributed by atoms with Crippen molar-refractivity contribution in [3.05, 3.63) is 49.4 Å². The Labute approximate surface area is 148 Å². The average molecular weight is 368 g/mol. The van der Waals surface area contributed by atoms with Gasteiger partial charge in [0.05, 0.1) is 20.1 Å². The van der Waals surface area contributed by atoms with E-state index in [-0.39, 0.29) is 11.9 Å². The monoisotopic (exact) mass is 367 g/mol. The number of nitrogens with two attached hydrogens (primary N) is 2. The number of pyridine rings is 1. The molecule has 0 saturated carbocycles. The Kier molecular flexibility index (Phi) is 4.57. The summed E-state index contributed by atoms with van der Waals surface area (Å²) in [5.41, 5.74) is 15.8. The predicted octanol–water partition coefficient (Wildman–Crippen LogP) is 3.47. The average Bonchev–Trinajstić information content (AvgIpc) is 2.83. The van der Waals surface area contributed by atoms with Crippen molar-refractivity contribution in [3.63, 3.8) is 0 Å². The van der Waals surface area contributed by atoms with E-state index in [1.54, 1.807) is 6.20 Å². The van der Waals surface area contributed by atoms with E-state index in [1.807, 2.05) is 19.1 Å². The lowest BCUT2D eigenvalue weighted by atomic mass is 9.81. The van der Waals surface area contributed by atoms with Gasteiger partial charge in [0.25, 0.3) is 0 Å². The molecule has 0 unspecified atom stereocenters. The summed E-state index contributed by atoms with van der Waals surface area (Å²) < 4.78 is 1.38. The summed E-state index contributed by atoms with van der Waals surface area (Å²) in [6, 6.07) is 3.87. The molecule has 1 aliphatic rings. The van der Waals surface area contributed by atoms with Crippen LogP contribution in [0.4, 0.5) is 0 Å². The summed E-state index contributed by atoms with van der Waals surface area (Å²) in [4.78, 5) is 4.51. The van der Waals surface area contributed by atoms with Gasteiger partial charge in [-0.3, -0.25) is 4.98 Å². The number of aromatic nitrogens is 1. The fourth-order valence-corrected chi connectivity index (χ4v) is 4.49. The van der Waals surface area contributed by atoms with Crippen LogP contribution in [0.15, 0.2) is 28.5 Å². The largest absolute Gasteiger partial charge is 0.369 e. The first kappa shape index (κ1) is 16.2. The number of hydrogen-bond donors (Lipinski definition) is 2. The van der Waals surface area contributed by atoms with Crippen LogP contribution >= 0.6 is 34.5 Å². The standard InChI is InChI=1S/C15H15Cl2N5S/c1-7-2-3-20-10-4-8(9-6-12(16)23-14(9)17)5-11(13(7)10)21-22-15(18)19/h2-3,6,8H,4-5H2,1H3,(H4,18,19,22)/b21-11+/t8-/m1/s1. The topological polar surface area (TPSA) is 89.6 Å². The Balaban J connectivity index is 2.08. The molecular weight excluding hydrogens is 353 g/mol. The highest BCUT2D eigenvalue weighted by atomic mass is 35.5. The van der Waals surface area contributed by atoms with Crippen molar-refractivity contribution in [2.75, 3.05) is 0 Å². The Morgan fingerprint density at radius 1 is 1.35 bits per heavy atom. The molecule has 1 atom stereocenters. The minimum atomic E-state index is -0.0701. The van der Waals surface area contributed by atoms with Crippen LogP contribution in [0.2, 0.25) is 8.67 Å². The van der Waals surface area contributed by atoms with Gasteiger partial charge in [0.1, 0.15) is 0 Å². The van der Waals surface area contributed by atoms with Crippen molar-refractivity contribution < 1.29 is 0 Å². The molecular formula is C15H15Cl2N5S. The van der Waals surface area contributed by atoms with Crippen LogP contribution in [0.5, 0.6) is 0 Å². The van der Waals surface area contributed by atoms with Crippen LogP contribution in [0.1, 0.15) is 34.7 Å². The van der Waals surface area contributed by atoms with Gasteiger partial charge in [-0.1, -0.05) is 23.2 Å². The van der Waals surface area contributed by atoms with Gasteiger partial charge in [-0.25, -0.2) is 0 Å². The van der Waals surface area contributed by atoms with Crippen molar-refractivity contribution in [1.29, 1.82) is 0 Å². The number of nitrogens with zero attached hydrogens (tertiary/aromatic N) is 3. The molecule has 0 saturated heterocycles. The summed E-state index contributed by atoms with van der Waals surface area (Å²) >= 11 is 13.8. The lowest BCUT2D eigenvalue weighted by Crippen LogP contribution is -2.24. The third kappa shape index (κ3) is 3.34. The quantitative estimate of drug-likeness (QED) is 0.483. The molecule has 1 aliphatic carbocycles. The second-order valence-electron chi connectivity index (χ2n) is 5.41. The number of guanidine groups is 1. The number of aryl methyl sites for hydroxylation is 1. The summed E-state index contributed by atoms with van der Waals surface area (Å²) in [5.74, 6) is 0.0836. The molecule has 0 fully saturated rings. The van der Waals surface area contributed by atoms with Crippen molar-refractivity contribution in [2.24, 2.45) is 21.7 Å². The molecule has 5 nitrogen and oxygen atoms in total. The zero-order valence-corrected chi connectivity index (χ0v) is 14.7. The number of hydrogen-bond acceptors (Lipinski definition) is 4. The third-order valence-corrected chi connectivity index (χ3v) is 5.33. The fourth-order valence-electron chi connectivity index (χ4n) is 2.86. The maximum atomic E-state index is 6.32. The van der Waals surface area contributed by atoms with E-state index in [9.17, 15) is 0 Å². The first-order valence-corrected chi connectivity index (χ1v) is 8.58. The Bertz CT molecular complexity index is 808. The van der Waals surface area contributed by atoms with E-state index in [4.69, 9.17) is 34.7 Å². The third-order valence-electron chi connectivity index (χ3n) is 3.81. The van der Waals surface area contributed by atoms with E-state index in [2.05, 4.69) is 15.2 Å². The van der Waals surface area contributed by atoms with Gasteiger partial charge in [0, 0.05) is 11.8 Å². The summed E-state index contributed by atoms with van der Waals surface area (Å²) in [6.07, 6.45) is 3.27. The predicted molar refractivity (Wildman–Crippen MR) is 96.7 cm³/mol. The summed E-state index contributed by atoms with van der Waals surface area (Å²) in [6.45, 7) is 2.03. The highest BCUT2D eigenvalue weighted by Crippen LogP contribution is 2.41. The Hall–Kier alpha value is -1.63. The van der Waals surface area contributed by atoms with E-state index in [1.165, 1.54) is 11.3 Å². The molecule has 0 radical (unpaired) electrons. The van der Waals surface area contributed by atoms with E-state index in [0.29, 0.717) is 15.1 Å². The number of fused-ring (bicyclic) bond motifs is 1. The zero-order valence-electron chi connectivity index (χ0n) is 12.4. The maximum Gasteiger partial charge on any atom is 0.211 e. The highest BCUT2D eigenvalue weighted by Gasteiger charge is 2.29. The molecule has 23 heavy (non-hydrogen) atoms. The molecule has 8 heteroatoms. The minimum Gasteiger partial charge on any atom is -0.369 e. The number of halogens is 2. The first-order valence-electron chi connectivity index (χ1n) is 7.00. The molecule has 2 heterocycles. The van der Waals surface area contributed by atoms with Crippen molar-refractivity contribution in [1.82, 2.24) is 4.98 Å². The van der Waals surface area contributed by atoms with Gasteiger partial charge in [-0.2, -0.15) is 5.10 Å². The lowest BCUT2D eigenvalue weighted by molar-refractivity contribution is 0.680. The van der Waals surface area contributed by atoms with Gasteiger partial charge < -0.3 is 11.5 Å². The normalized spacial score (nSPS) is 18.7.